The van der Waals surface area contributed by atoms with Gasteiger partial charge in [0.05, 0.1) is 6.04 Å². The molecule has 0 radical (unpaired) electrons. The summed E-state index contributed by atoms with van der Waals surface area (Å²) in [5, 5.41) is 5.71. The summed E-state index contributed by atoms with van der Waals surface area (Å²) in [7, 11) is 0. The van der Waals surface area contributed by atoms with Crippen molar-refractivity contribution in [1.29, 1.82) is 0 Å². The molecule has 2 rings (SSSR count). The summed E-state index contributed by atoms with van der Waals surface area (Å²) in [5.41, 5.74) is 4.07. The molecule has 2 aromatic rings. The van der Waals surface area contributed by atoms with Gasteiger partial charge in [0.25, 0.3) is 5.91 Å². The van der Waals surface area contributed by atoms with Gasteiger partial charge in [-0.05, 0) is 49.1 Å². The Labute approximate surface area is 155 Å². The molecular formula is C21H27N3O2. The molecule has 5 heteroatoms. The second kappa shape index (κ2) is 8.61. The average Bonchev–Trinajstić information content (AvgIpc) is 2.61. The van der Waals surface area contributed by atoms with E-state index >= 15 is 0 Å². The van der Waals surface area contributed by atoms with Crippen LogP contribution < -0.4 is 10.6 Å². The molecule has 0 fully saturated rings. The Hall–Kier alpha value is -2.69. The number of hydrogen-bond acceptors (Lipinski definition) is 3. The minimum Gasteiger partial charge on any atom is -0.346 e. The summed E-state index contributed by atoms with van der Waals surface area (Å²) >= 11 is 0. The zero-order valence-corrected chi connectivity index (χ0v) is 16.1. The lowest BCUT2D eigenvalue weighted by atomic mass is 9.99. The van der Waals surface area contributed by atoms with Gasteiger partial charge in [0.1, 0.15) is 5.82 Å². The van der Waals surface area contributed by atoms with Crippen LogP contribution in [-0.2, 0) is 11.2 Å². The van der Waals surface area contributed by atoms with E-state index in [1.807, 2.05) is 6.92 Å². The van der Waals surface area contributed by atoms with Crippen LogP contribution >= 0.6 is 0 Å². The van der Waals surface area contributed by atoms with Crippen molar-refractivity contribution >= 4 is 17.6 Å². The molecule has 138 valence electrons. The summed E-state index contributed by atoms with van der Waals surface area (Å²) < 4.78 is 0. The molecule has 0 aliphatic heterocycles. The number of aryl methyl sites for hydroxylation is 2. The fourth-order valence-electron chi connectivity index (χ4n) is 2.66. The Morgan fingerprint density at radius 2 is 1.85 bits per heavy atom. The minimum absolute atomic E-state index is 0.117. The molecule has 0 saturated carbocycles. The molecule has 0 spiro atoms. The molecule has 5 nitrogen and oxygen atoms in total. The monoisotopic (exact) mass is 353 g/mol. The van der Waals surface area contributed by atoms with Gasteiger partial charge in [-0.2, -0.15) is 0 Å². The van der Waals surface area contributed by atoms with Gasteiger partial charge in [0.2, 0.25) is 5.91 Å². The van der Waals surface area contributed by atoms with Crippen LogP contribution in [-0.4, -0.2) is 16.8 Å². The van der Waals surface area contributed by atoms with E-state index in [1.165, 1.54) is 17.3 Å². The van der Waals surface area contributed by atoms with Crippen molar-refractivity contribution in [1.82, 2.24) is 10.3 Å². The van der Waals surface area contributed by atoms with Crippen molar-refractivity contribution in [2.24, 2.45) is 5.92 Å². The maximum Gasteiger partial charge on any atom is 0.251 e. The average molecular weight is 353 g/mol. The van der Waals surface area contributed by atoms with E-state index in [1.54, 1.807) is 26.0 Å². The first-order chi connectivity index (χ1) is 12.3. The fraction of sp³-hybridized carbons (Fsp3) is 0.381. The highest BCUT2D eigenvalue weighted by atomic mass is 16.2. The van der Waals surface area contributed by atoms with Gasteiger partial charge < -0.3 is 10.6 Å². The van der Waals surface area contributed by atoms with Crippen LogP contribution in [0.5, 0.6) is 0 Å². The van der Waals surface area contributed by atoms with Crippen LogP contribution in [0.4, 0.5) is 5.82 Å². The molecule has 0 aliphatic carbocycles. The zero-order chi connectivity index (χ0) is 19.3. The number of nitrogens with zero attached hydrogens (tertiary/aromatic N) is 1. The zero-order valence-electron chi connectivity index (χ0n) is 16.1. The van der Waals surface area contributed by atoms with E-state index in [-0.39, 0.29) is 23.8 Å². The van der Waals surface area contributed by atoms with Crippen LogP contribution in [0.25, 0.3) is 0 Å². The van der Waals surface area contributed by atoms with E-state index in [9.17, 15) is 9.59 Å². The number of anilines is 1. The molecule has 1 atom stereocenters. The van der Waals surface area contributed by atoms with E-state index in [2.05, 4.69) is 47.7 Å². The third-order valence-electron chi connectivity index (χ3n) is 4.39. The van der Waals surface area contributed by atoms with Gasteiger partial charge in [-0.3, -0.25) is 9.59 Å². The minimum atomic E-state index is -0.197. The largest absolute Gasteiger partial charge is 0.346 e. The number of nitrogens with one attached hydrogen (secondary N) is 2. The summed E-state index contributed by atoms with van der Waals surface area (Å²) in [6.07, 6.45) is 2.52. The number of benzene rings is 1. The van der Waals surface area contributed by atoms with E-state index in [0.717, 1.165) is 12.0 Å². The van der Waals surface area contributed by atoms with Crippen LogP contribution in [0.1, 0.15) is 60.8 Å². The van der Waals surface area contributed by atoms with Crippen LogP contribution in [0.3, 0.4) is 0 Å². The molecule has 0 aliphatic rings. The lowest BCUT2D eigenvalue weighted by Gasteiger charge is -2.16. The highest BCUT2D eigenvalue weighted by Gasteiger charge is 2.14. The summed E-state index contributed by atoms with van der Waals surface area (Å²) in [6.45, 7) is 9.79. The number of amides is 2. The Kier molecular flexibility index (Phi) is 6.50. The van der Waals surface area contributed by atoms with Crippen LogP contribution in [0.15, 0.2) is 36.5 Å². The first kappa shape index (κ1) is 19.6. The maximum absolute atomic E-state index is 12.6. The molecule has 1 heterocycles. The standard InChI is InChI=1S/C21H27N3O2/c1-6-16-7-8-17(11-14(16)4)15(5)23-21(26)18-9-10-22-19(12-18)24-20(25)13(2)3/h7-13,15H,6H2,1-5H3,(H,23,26)(H,22,24,25). The van der Waals surface area contributed by atoms with Crippen molar-refractivity contribution < 1.29 is 9.59 Å². The van der Waals surface area contributed by atoms with Crippen molar-refractivity contribution in [3.05, 3.63) is 58.8 Å². The SMILES string of the molecule is CCc1ccc(C(C)NC(=O)c2ccnc(NC(=O)C(C)C)c2)cc1C. The van der Waals surface area contributed by atoms with Crippen molar-refractivity contribution in [2.45, 2.75) is 47.1 Å². The molecule has 1 aromatic carbocycles. The first-order valence-corrected chi connectivity index (χ1v) is 8.99. The molecular weight excluding hydrogens is 326 g/mol. The molecule has 1 aromatic heterocycles. The molecule has 2 amide bonds. The molecule has 0 bridgehead atoms. The van der Waals surface area contributed by atoms with Gasteiger partial charge in [0.15, 0.2) is 0 Å². The first-order valence-electron chi connectivity index (χ1n) is 8.99. The second-order valence-corrected chi connectivity index (χ2v) is 6.81. The summed E-state index contributed by atoms with van der Waals surface area (Å²) in [4.78, 5) is 28.4. The fourth-order valence-corrected chi connectivity index (χ4v) is 2.66. The topological polar surface area (TPSA) is 71.1 Å². The third kappa shape index (κ3) is 4.91. The Balaban J connectivity index is 2.09. The number of pyridine rings is 1. The number of carbonyl (C=O) groups excluding carboxylic acids is 2. The van der Waals surface area contributed by atoms with E-state index in [4.69, 9.17) is 0 Å². The summed E-state index contributed by atoms with van der Waals surface area (Å²) in [5.74, 6) is -0.0946. The second-order valence-electron chi connectivity index (χ2n) is 6.81. The lowest BCUT2D eigenvalue weighted by molar-refractivity contribution is -0.118. The predicted molar refractivity (Wildman–Crippen MR) is 104 cm³/mol. The highest BCUT2D eigenvalue weighted by Crippen LogP contribution is 2.18. The van der Waals surface area contributed by atoms with Crippen LogP contribution in [0, 0.1) is 12.8 Å². The molecule has 1 unspecified atom stereocenters. The number of rotatable bonds is 6. The maximum atomic E-state index is 12.6. The van der Waals surface area contributed by atoms with Gasteiger partial charge >= 0.3 is 0 Å². The van der Waals surface area contributed by atoms with Gasteiger partial charge in [-0.15, -0.1) is 0 Å². The number of carbonyl (C=O) groups is 2. The normalized spacial score (nSPS) is 11.9. The molecule has 0 saturated heterocycles. The Morgan fingerprint density at radius 3 is 2.46 bits per heavy atom. The third-order valence-corrected chi connectivity index (χ3v) is 4.39. The Bertz CT molecular complexity index is 800. The highest BCUT2D eigenvalue weighted by molar-refractivity contribution is 5.97. The smallest absolute Gasteiger partial charge is 0.251 e. The van der Waals surface area contributed by atoms with Gasteiger partial charge in [0, 0.05) is 17.7 Å². The molecule has 26 heavy (non-hydrogen) atoms. The predicted octanol–water partition coefficient (Wildman–Crippen LogP) is 4.04. The number of hydrogen-bond donors (Lipinski definition) is 2. The van der Waals surface area contributed by atoms with E-state index in [0.29, 0.717) is 11.4 Å². The van der Waals surface area contributed by atoms with Crippen molar-refractivity contribution in [3.63, 3.8) is 0 Å². The quantitative estimate of drug-likeness (QED) is 0.823. The van der Waals surface area contributed by atoms with Crippen molar-refractivity contribution in [3.8, 4) is 0 Å². The number of aromatic nitrogens is 1. The molecule has 2 N–H and O–H groups in total. The van der Waals surface area contributed by atoms with Crippen LogP contribution in [0.2, 0.25) is 0 Å². The lowest BCUT2D eigenvalue weighted by Crippen LogP contribution is -2.27. The van der Waals surface area contributed by atoms with Crippen molar-refractivity contribution in [2.75, 3.05) is 5.32 Å². The van der Waals surface area contributed by atoms with Gasteiger partial charge in [-0.25, -0.2) is 4.98 Å². The Morgan fingerprint density at radius 1 is 1.12 bits per heavy atom. The van der Waals surface area contributed by atoms with E-state index < -0.39 is 0 Å². The summed E-state index contributed by atoms with van der Waals surface area (Å²) in [6, 6.07) is 9.39. The van der Waals surface area contributed by atoms with Gasteiger partial charge in [-0.1, -0.05) is 39.0 Å².